The van der Waals surface area contributed by atoms with E-state index in [1.165, 1.54) is 0 Å². The molecule has 1 aliphatic heterocycles. The molecule has 2 rings (SSSR count). The third-order valence-corrected chi connectivity index (χ3v) is 4.19. The molecule has 1 fully saturated rings. The first-order chi connectivity index (χ1) is 10.5. The molecule has 0 unspecified atom stereocenters. The second kappa shape index (κ2) is 7.42. The quantitative estimate of drug-likeness (QED) is 0.870. The first-order valence-electron chi connectivity index (χ1n) is 8.05. The van der Waals surface area contributed by atoms with Gasteiger partial charge < -0.3 is 14.9 Å². The van der Waals surface area contributed by atoms with Crippen LogP contribution in [0, 0.1) is 12.8 Å². The van der Waals surface area contributed by atoms with E-state index in [0.29, 0.717) is 12.8 Å². The van der Waals surface area contributed by atoms with Gasteiger partial charge in [-0.2, -0.15) is 4.98 Å². The SMILES string of the molecule is CCCCN(C)c1nc(C)cc(N2CCC(C(=O)O)CC2)n1. The molecule has 6 nitrogen and oxygen atoms in total. The molecule has 0 amide bonds. The highest BCUT2D eigenvalue weighted by atomic mass is 16.4. The van der Waals surface area contributed by atoms with Crippen LogP contribution < -0.4 is 9.80 Å². The molecule has 0 aliphatic carbocycles. The number of carbonyl (C=O) groups is 1. The van der Waals surface area contributed by atoms with Crippen LogP contribution in [0.2, 0.25) is 0 Å². The van der Waals surface area contributed by atoms with E-state index in [-0.39, 0.29) is 5.92 Å². The van der Waals surface area contributed by atoms with Crippen molar-refractivity contribution in [2.75, 3.05) is 36.5 Å². The zero-order valence-corrected chi connectivity index (χ0v) is 13.7. The Bertz CT molecular complexity index is 513. The minimum Gasteiger partial charge on any atom is -0.481 e. The first kappa shape index (κ1) is 16.5. The summed E-state index contributed by atoms with van der Waals surface area (Å²) in [5.74, 6) is 0.767. The maximum absolute atomic E-state index is 11.0. The number of carboxylic acids is 1. The number of anilines is 2. The Kier molecular flexibility index (Phi) is 5.57. The van der Waals surface area contributed by atoms with Crippen LogP contribution in [0.15, 0.2) is 6.07 Å². The summed E-state index contributed by atoms with van der Waals surface area (Å²) >= 11 is 0. The Labute approximate surface area is 132 Å². The number of hydrogen-bond acceptors (Lipinski definition) is 5. The Hall–Kier alpha value is -1.85. The molecule has 0 saturated carbocycles. The largest absolute Gasteiger partial charge is 0.481 e. The lowest BCUT2D eigenvalue weighted by Crippen LogP contribution is -2.37. The topological polar surface area (TPSA) is 69.6 Å². The highest BCUT2D eigenvalue weighted by Gasteiger charge is 2.25. The highest BCUT2D eigenvalue weighted by Crippen LogP contribution is 2.24. The maximum Gasteiger partial charge on any atom is 0.306 e. The van der Waals surface area contributed by atoms with Gasteiger partial charge in [-0.15, -0.1) is 0 Å². The molecule has 0 atom stereocenters. The average molecular weight is 306 g/mol. The fraction of sp³-hybridized carbons (Fsp3) is 0.688. The average Bonchev–Trinajstić information content (AvgIpc) is 2.52. The van der Waals surface area contributed by atoms with Crippen molar-refractivity contribution in [2.45, 2.75) is 39.5 Å². The van der Waals surface area contributed by atoms with Crippen LogP contribution in [0.3, 0.4) is 0 Å². The van der Waals surface area contributed by atoms with Gasteiger partial charge in [0.15, 0.2) is 0 Å². The zero-order chi connectivity index (χ0) is 16.1. The van der Waals surface area contributed by atoms with Crippen molar-refractivity contribution < 1.29 is 9.90 Å². The number of unbranched alkanes of at least 4 members (excludes halogenated alkanes) is 1. The number of aromatic nitrogens is 2. The standard InChI is InChI=1S/C16H26N4O2/c1-4-5-8-19(3)16-17-12(2)11-14(18-16)20-9-6-13(7-10-20)15(21)22/h11,13H,4-10H2,1-3H3,(H,21,22). The van der Waals surface area contributed by atoms with Gasteiger partial charge in [0.1, 0.15) is 5.82 Å². The molecule has 0 bridgehead atoms. The van der Waals surface area contributed by atoms with Crippen LogP contribution in [0.25, 0.3) is 0 Å². The Morgan fingerprint density at radius 3 is 2.68 bits per heavy atom. The number of piperidine rings is 1. The zero-order valence-electron chi connectivity index (χ0n) is 13.7. The van der Waals surface area contributed by atoms with Crippen molar-refractivity contribution in [3.05, 3.63) is 11.8 Å². The predicted molar refractivity (Wildman–Crippen MR) is 87.5 cm³/mol. The second-order valence-electron chi connectivity index (χ2n) is 6.04. The van der Waals surface area contributed by atoms with Crippen molar-refractivity contribution in [2.24, 2.45) is 5.92 Å². The molecule has 1 saturated heterocycles. The molecule has 1 aliphatic rings. The van der Waals surface area contributed by atoms with Crippen molar-refractivity contribution in [3.63, 3.8) is 0 Å². The van der Waals surface area contributed by atoms with Crippen molar-refractivity contribution >= 4 is 17.7 Å². The fourth-order valence-electron chi connectivity index (χ4n) is 2.72. The molecule has 1 N–H and O–H groups in total. The van der Waals surface area contributed by atoms with E-state index in [2.05, 4.69) is 26.7 Å². The normalized spacial score (nSPS) is 15.9. The van der Waals surface area contributed by atoms with E-state index in [1.807, 2.05) is 20.0 Å². The summed E-state index contributed by atoms with van der Waals surface area (Å²) in [7, 11) is 2.02. The molecule has 6 heteroatoms. The number of hydrogen-bond donors (Lipinski definition) is 1. The van der Waals surface area contributed by atoms with Gasteiger partial charge in [0.05, 0.1) is 5.92 Å². The lowest BCUT2D eigenvalue weighted by atomic mass is 9.97. The van der Waals surface area contributed by atoms with Gasteiger partial charge in [-0.3, -0.25) is 4.79 Å². The summed E-state index contributed by atoms with van der Waals surface area (Å²) in [6.07, 6.45) is 3.62. The minimum absolute atomic E-state index is 0.217. The number of nitrogens with zero attached hydrogens (tertiary/aromatic N) is 4. The minimum atomic E-state index is -0.682. The first-order valence-corrected chi connectivity index (χ1v) is 8.05. The Morgan fingerprint density at radius 2 is 2.09 bits per heavy atom. The van der Waals surface area contributed by atoms with Gasteiger partial charge in [-0.25, -0.2) is 4.98 Å². The molecular formula is C16H26N4O2. The van der Waals surface area contributed by atoms with Crippen LogP contribution in [0.4, 0.5) is 11.8 Å². The second-order valence-corrected chi connectivity index (χ2v) is 6.04. The van der Waals surface area contributed by atoms with Crippen molar-refractivity contribution in [1.82, 2.24) is 9.97 Å². The summed E-state index contributed by atoms with van der Waals surface area (Å²) in [4.78, 5) is 24.5. The smallest absolute Gasteiger partial charge is 0.306 e. The van der Waals surface area contributed by atoms with Gasteiger partial charge in [-0.1, -0.05) is 13.3 Å². The molecule has 1 aromatic heterocycles. The summed E-state index contributed by atoms with van der Waals surface area (Å²) in [6, 6.07) is 1.98. The fourth-order valence-corrected chi connectivity index (χ4v) is 2.72. The number of aliphatic carboxylic acids is 1. The monoisotopic (exact) mass is 306 g/mol. The molecular weight excluding hydrogens is 280 g/mol. The van der Waals surface area contributed by atoms with Gasteiger partial charge in [0, 0.05) is 38.4 Å². The third-order valence-electron chi connectivity index (χ3n) is 4.19. The molecule has 1 aromatic rings. The molecule has 2 heterocycles. The molecule has 0 aromatic carbocycles. The predicted octanol–water partition coefficient (Wildman–Crippen LogP) is 2.32. The van der Waals surface area contributed by atoms with Crippen LogP contribution in [-0.2, 0) is 4.79 Å². The van der Waals surface area contributed by atoms with Gasteiger partial charge in [0.25, 0.3) is 0 Å². The summed E-state index contributed by atoms with van der Waals surface area (Å²) < 4.78 is 0. The van der Waals surface area contributed by atoms with Gasteiger partial charge in [-0.05, 0) is 26.2 Å². The molecule has 0 spiro atoms. The highest BCUT2D eigenvalue weighted by molar-refractivity contribution is 5.70. The van der Waals surface area contributed by atoms with Crippen LogP contribution >= 0.6 is 0 Å². The number of rotatable bonds is 6. The molecule has 22 heavy (non-hydrogen) atoms. The van der Waals surface area contributed by atoms with Gasteiger partial charge >= 0.3 is 5.97 Å². The van der Waals surface area contributed by atoms with Crippen LogP contribution in [0.1, 0.15) is 38.3 Å². The van der Waals surface area contributed by atoms with E-state index in [4.69, 9.17) is 5.11 Å². The summed E-state index contributed by atoms with van der Waals surface area (Å²) in [5.41, 5.74) is 0.948. The molecule has 122 valence electrons. The van der Waals surface area contributed by atoms with Crippen LogP contribution in [0.5, 0.6) is 0 Å². The maximum atomic E-state index is 11.0. The Morgan fingerprint density at radius 1 is 1.41 bits per heavy atom. The van der Waals surface area contributed by atoms with E-state index in [1.54, 1.807) is 0 Å². The Balaban J connectivity index is 2.08. The van der Waals surface area contributed by atoms with Crippen molar-refractivity contribution in [1.29, 1.82) is 0 Å². The van der Waals surface area contributed by atoms with E-state index < -0.39 is 5.97 Å². The van der Waals surface area contributed by atoms with E-state index >= 15 is 0 Å². The summed E-state index contributed by atoms with van der Waals surface area (Å²) in [5, 5.41) is 9.09. The molecule has 0 radical (unpaired) electrons. The lowest BCUT2D eigenvalue weighted by molar-refractivity contribution is -0.142. The summed E-state index contributed by atoms with van der Waals surface area (Å²) in [6.45, 7) is 6.58. The lowest BCUT2D eigenvalue weighted by Gasteiger charge is -2.31. The van der Waals surface area contributed by atoms with Crippen molar-refractivity contribution in [3.8, 4) is 0 Å². The number of carboxylic acid groups (broad SMARTS) is 1. The van der Waals surface area contributed by atoms with Gasteiger partial charge in [0.2, 0.25) is 5.95 Å². The third kappa shape index (κ3) is 4.08. The van der Waals surface area contributed by atoms with E-state index in [9.17, 15) is 4.79 Å². The number of aryl methyl sites for hydroxylation is 1. The van der Waals surface area contributed by atoms with E-state index in [0.717, 1.165) is 49.9 Å². The van der Waals surface area contributed by atoms with Crippen LogP contribution in [-0.4, -0.2) is 47.7 Å².